The molecule has 11 aromatic rings. The van der Waals surface area contributed by atoms with Crippen LogP contribution in [0.15, 0.2) is 243 Å². The first-order valence-electron chi connectivity index (χ1n) is 21.5. The van der Waals surface area contributed by atoms with Gasteiger partial charge in [0, 0.05) is 45.5 Å². The molecule has 1 aliphatic heterocycles. The van der Waals surface area contributed by atoms with Gasteiger partial charge in [-0.3, -0.25) is 0 Å². The molecule has 11 aromatic carbocycles. The number of hydrogen-bond donors (Lipinski definition) is 0. The lowest BCUT2D eigenvalue weighted by Crippen LogP contribution is -2.13. The van der Waals surface area contributed by atoms with Crippen LogP contribution in [-0.2, 0) is 0 Å². The summed E-state index contributed by atoms with van der Waals surface area (Å²) in [5, 5.41) is 7.20. The van der Waals surface area contributed by atoms with Crippen molar-refractivity contribution in [3.63, 3.8) is 0 Å². The number of ether oxygens (including phenoxy) is 1. The maximum Gasteiger partial charge on any atom is 0.159 e. The fourth-order valence-electron chi connectivity index (χ4n) is 9.47. The van der Waals surface area contributed by atoms with E-state index in [-0.39, 0.29) is 0 Å². The second-order valence-corrected chi connectivity index (χ2v) is 16.1. The lowest BCUT2D eigenvalue weighted by atomic mass is 9.93. The minimum absolute atomic E-state index is 0.811. The molecule has 0 saturated heterocycles. The Morgan fingerprint density at radius 2 is 0.746 bits per heavy atom. The Kier molecular flexibility index (Phi) is 8.83. The highest BCUT2D eigenvalue weighted by Crippen LogP contribution is 2.54. The first kappa shape index (κ1) is 36.5. The summed E-state index contributed by atoms with van der Waals surface area (Å²) in [7, 11) is 0. The van der Waals surface area contributed by atoms with E-state index in [9.17, 15) is 0 Å². The number of benzene rings is 11. The van der Waals surface area contributed by atoms with Crippen molar-refractivity contribution in [2.24, 2.45) is 0 Å². The molecule has 12 rings (SSSR count). The Balaban J connectivity index is 0.999. The number of hydrogen-bond acceptors (Lipinski definition) is 3. The van der Waals surface area contributed by atoms with Gasteiger partial charge in [-0.15, -0.1) is 0 Å². The van der Waals surface area contributed by atoms with Gasteiger partial charge < -0.3 is 14.5 Å². The van der Waals surface area contributed by atoms with Crippen molar-refractivity contribution in [1.29, 1.82) is 0 Å². The summed E-state index contributed by atoms with van der Waals surface area (Å²) in [6.45, 7) is 0. The Hall–Kier alpha value is -8.40. The molecule has 0 unspecified atom stereocenters. The number of para-hydroxylation sites is 2. The van der Waals surface area contributed by atoms with E-state index in [1.165, 1.54) is 43.8 Å². The van der Waals surface area contributed by atoms with Crippen LogP contribution in [0.3, 0.4) is 0 Å². The molecule has 1 heterocycles. The lowest BCUT2D eigenvalue weighted by molar-refractivity contribution is 0.488. The lowest BCUT2D eigenvalue weighted by Gasteiger charge is -2.31. The van der Waals surface area contributed by atoms with Crippen molar-refractivity contribution in [1.82, 2.24) is 0 Å². The minimum Gasteiger partial charge on any atom is -0.454 e. The van der Waals surface area contributed by atoms with Crippen molar-refractivity contribution < 1.29 is 4.74 Å². The van der Waals surface area contributed by atoms with Crippen LogP contribution in [-0.4, -0.2) is 0 Å². The van der Waals surface area contributed by atoms with E-state index >= 15 is 0 Å². The molecule has 0 N–H and O–H groups in total. The third-order valence-electron chi connectivity index (χ3n) is 12.4. The van der Waals surface area contributed by atoms with Crippen LogP contribution in [0.5, 0.6) is 11.5 Å². The zero-order chi connectivity index (χ0) is 41.7. The predicted molar refractivity (Wildman–Crippen MR) is 265 cm³/mol. The summed E-state index contributed by atoms with van der Waals surface area (Å²) in [6.07, 6.45) is 0. The number of nitrogens with zero attached hydrogens (tertiary/aromatic N) is 2. The van der Waals surface area contributed by atoms with Gasteiger partial charge in [0.2, 0.25) is 0 Å². The summed E-state index contributed by atoms with van der Waals surface area (Å²) < 4.78 is 7.23. The van der Waals surface area contributed by atoms with Gasteiger partial charge in [0.05, 0.1) is 5.69 Å². The third-order valence-corrected chi connectivity index (χ3v) is 12.4. The molecular formula is C60H40N2O. The number of rotatable bonds is 8. The second-order valence-electron chi connectivity index (χ2n) is 16.1. The molecule has 0 saturated carbocycles. The van der Waals surface area contributed by atoms with Crippen molar-refractivity contribution in [3.05, 3.63) is 243 Å². The molecule has 0 aromatic heterocycles. The molecule has 3 heteroatoms. The van der Waals surface area contributed by atoms with Crippen molar-refractivity contribution in [2.75, 3.05) is 9.80 Å². The van der Waals surface area contributed by atoms with Gasteiger partial charge in [0.1, 0.15) is 5.75 Å². The highest BCUT2D eigenvalue weighted by Gasteiger charge is 2.27. The summed E-state index contributed by atoms with van der Waals surface area (Å²) in [5.74, 6) is 1.65. The standard InChI is InChI=1S/C60H40N2O/c1-3-19-46(20-4-1)62(47-21-5-2-6-22-47)57-39-32-45-18-13-27-56-55-38-37-50(40-58(55)63-60(57)59(45)56)61(48-33-28-43(29-34-48)53-25-11-16-41-14-7-9-23-51(41)53)49-35-30-44(31-36-49)54-26-12-17-42-15-8-10-24-52(42)54/h1-40H. The average molecular weight is 805 g/mol. The quantitative estimate of drug-likeness (QED) is 0.152. The van der Waals surface area contributed by atoms with Crippen molar-refractivity contribution >= 4 is 66.4 Å². The summed E-state index contributed by atoms with van der Waals surface area (Å²) in [5.41, 5.74) is 13.2. The van der Waals surface area contributed by atoms with E-state index < -0.39 is 0 Å². The monoisotopic (exact) mass is 804 g/mol. The molecule has 0 spiro atoms. The molecule has 0 radical (unpaired) electrons. The van der Waals surface area contributed by atoms with Gasteiger partial charge in [0.15, 0.2) is 5.75 Å². The average Bonchev–Trinajstić information content (AvgIpc) is 3.35. The van der Waals surface area contributed by atoms with Crippen LogP contribution in [0.2, 0.25) is 0 Å². The van der Waals surface area contributed by atoms with Crippen LogP contribution >= 0.6 is 0 Å². The van der Waals surface area contributed by atoms with Gasteiger partial charge >= 0.3 is 0 Å². The molecule has 296 valence electrons. The minimum atomic E-state index is 0.811. The number of fused-ring (bicyclic) bond motifs is 4. The Morgan fingerprint density at radius 3 is 1.32 bits per heavy atom. The second kappa shape index (κ2) is 15.3. The van der Waals surface area contributed by atoms with E-state index in [2.05, 4.69) is 252 Å². The predicted octanol–water partition coefficient (Wildman–Crippen LogP) is 17.2. The fourth-order valence-corrected chi connectivity index (χ4v) is 9.47. The normalized spacial score (nSPS) is 11.6. The zero-order valence-electron chi connectivity index (χ0n) is 34.4. The smallest absolute Gasteiger partial charge is 0.159 e. The Labute approximate surface area is 367 Å². The highest BCUT2D eigenvalue weighted by molar-refractivity contribution is 6.08. The van der Waals surface area contributed by atoms with Gasteiger partial charge in [-0.1, -0.05) is 170 Å². The molecule has 0 aliphatic carbocycles. The molecule has 0 atom stereocenters. The van der Waals surface area contributed by atoms with E-state index in [4.69, 9.17) is 4.74 Å². The van der Waals surface area contributed by atoms with E-state index in [1.54, 1.807) is 0 Å². The van der Waals surface area contributed by atoms with E-state index in [0.717, 1.165) is 67.5 Å². The van der Waals surface area contributed by atoms with Crippen LogP contribution in [0.4, 0.5) is 34.1 Å². The largest absolute Gasteiger partial charge is 0.454 e. The fraction of sp³-hybridized carbons (Fsp3) is 0. The van der Waals surface area contributed by atoms with Crippen molar-refractivity contribution in [3.8, 4) is 44.9 Å². The molecule has 0 bridgehead atoms. The van der Waals surface area contributed by atoms with Crippen LogP contribution < -0.4 is 14.5 Å². The topological polar surface area (TPSA) is 15.7 Å². The van der Waals surface area contributed by atoms with Gasteiger partial charge in [-0.05, 0) is 121 Å². The zero-order valence-corrected chi connectivity index (χ0v) is 34.4. The van der Waals surface area contributed by atoms with Crippen molar-refractivity contribution in [2.45, 2.75) is 0 Å². The van der Waals surface area contributed by atoms with Gasteiger partial charge in [-0.2, -0.15) is 0 Å². The molecule has 0 amide bonds. The maximum absolute atomic E-state index is 7.23. The first-order valence-corrected chi connectivity index (χ1v) is 21.5. The summed E-state index contributed by atoms with van der Waals surface area (Å²) in [6, 6.07) is 86.9. The van der Waals surface area contributed by atoms with E-state index in [0.29, 0.717) is 0 Å². The maximum atomic E-state index is 7.23. The van der Waals surface area contributed by atoms with Crippen LogP contribution in [0, 0.1) is 0 Å². The molecule has 1 aliphatic rings. The Morgan fingerprint density at radius 1 is 0.286 bits per heavy atom. The first-order chi connectivity index (χ1) is 31.2. The SMILES string of the molecule is c1ccc(N(c2ccccc2)c2ccc3cccc4c3c2Oc2cc(N(c3ccc(-c5cccc6ccccc56)cc3)c3ccc(-c5cccc6ccccc56)cc3)ccc2-4)cc1. The Bertz CT molecular complexity index is 3300. The van der Waals surface area contributed by atoms with E-state index in [1.807, 2.05) is 0 Å². The number of anilines is 6. The summed E-state index contributed by atoms with van der Waals surface area (Å²) in [4.78, 5) is 4.63. The highest BCUT2D eigenvalue weighted by atomic mass is 16.5. The summed E-state index contributed by atoms with van der Waals surface area (Å²) >= 11 is 0. The molecule has 3 nitrogen and oxygen atoms in total. The molecular weight excluding hydrogens is 765 g/mol. The van der Waals surface area contributed by atoms with Gasteiger partial charge in [0.25, 0.3) is 0 Å². The van der Waals surface area contributed by atoms with Crippen LogP contribution in [0.1, 0.15) is 0 Å². The van der Waals surface area contributed by atoms with Gasteiger partial charge in [-0.25, -0.2) is 0 Å². The molecule has 63 heavy (non-hydrogen) atoms. The van der Waals surface area contributed by atoms with Crippen LogP contribution in [0.25, 0.3) is 65.7 Å². The third kappa shape index (κ3) is 6.38. The molecule has 0 fully saturated rings.